The van der Waals surface area contributed by atoms with Crippen molar-refractivity contribution in [2.75, 3.05) is 12.4 Å². The predicted molar refractivity (Wildman–Crippen MR) is 113 cm³/mol. The number of hydrogen-bond donors (Lipinski definition) is 1. The maximum absolute atomic E-state index is 14.0. The van der Waals surface area contributed by atoms with Gasteiger partial charge in [-0.15, -0.1) is 0 Å². The molecular weight excluding hydrogens is 412 g/mol. The van der Waals surface area contributed by atoms with Crippen LogP contribution < -0.4 is 15.6 Å². The Balaban J connectivity index is 1.68. The fourth-order valence-corrected chi connectivity index (χ4v) is 3.45. The smallest absolute Gasteiger partial charge is 0.292 e. The molecule has 0 spiro atoms. The van der Waals surface area contributed by atoms with E-state index in [1.54, 1.807) is 7.11 Å². The van der Waals surface area contributed by atoms with Gasteiger partial charge >= 0.3 is 0 Å². The van der Waals surface area contributed by atoms with Crippen LogP contribution in [0.5, 0.6) is 5.75 Å². The van der Waals surface area contributed by atoms with E-state index in [4.69, 9.17) is 16.3 Å². The van der Waals surface area contributed by atoms with Crippen LogP contribution in [0.3, 0.4) is 0 Å². The van der Waals surface area contributed by atoms with E-state index < -0.39 is 17.2 Å². The van der Waals surface area contributed by atoms with E-state index in [2.05, 4.69) is 10.4 Å². The summed E-state index contributed by atoms with van der Waals surface area (Å²) in [6, 6.07) is 14.5. The number of ether oxygens (including phenoxy) is 1. The zero-order chi connectivity index (χ0) is 21.3. The minimum absolute atomic E-state index is 0.159. The minimum atomic E-state index is -0.915. The molecule has 0 atom stereocenters. The Morgan fingerprint density at radius 2 is 1.93 bits per heavy atom. The molecule has 0 saturated heterocycles. The molecule has 5 nitrogen and oxygen atoms in total. The molecule has 3 aromatic carbocycles. The number of methoxy groups -OCH3 is 1. The number of nitrogens with one attached hydrogen (secondary N) is 1. The van der Waals surface area contributed by atoms with Gasteiger partial charge in [-0.3, -0.25) is 4.79 Å². The lowest BCUT2D eigenvalue weighted by molar-refractivity contribution is 0.411. The zero-order valence-corrected chi connectivity index (χ0v) is 16.6. The molecule has 4 rings (SSSR count). The van der Waals surface area contributed by atoms with Crippen molar-refractivity contribution in [3.05, 3.63) is 93.4 Å². The van der Waals surface area contributed by atoms with Crippen LogP contribution >= 0.6 is 11.6 Å². The number of halogens is 3. The highest BCUT2D eigenvalue weighted by molar-refractivity contribution is 6.32. The molecule has 0 aliphatic carbocycles. The molecule has 0 bridgehead atoms. The molecule has 152 valence electrons. The molecule has 0 fully saturated rings. The molecule has 4 aromatic rings. The number of hydrogen-bond acceptors (Lipinski definition) is 4. The molecule has 30 heavy (non-hydrogen) atoms. The van der Waals surface area contributed by atoms with Crippen molar-refractivity contribution < 1.29 is 13.5 Å². The number of nitrogens with zero attached hydrogens (tertiary/aromatic N) is 2. The first-order chi connectivity index (χ1) is 14.5. The average molecular weight is 428 g/mol. The van der Waals surface area contributed by atoms with Crippen molar-refractivity contribution >= 4 is 28.1 Å². The van der Waals surface area contributed by atoms with Gasteiger partial charge in [0.2, 0.25) is 0 Å². The molecule has 0 amide bonds. The van der Waals surface area contributed by atoms with Gasteiger partial charge in [-0.2, -0.15) is 9.78 Å². The van der Waals surface area contributed by atoms with E-state index in [1.807, 2.05) is 36.4 Å². The monoisotopic (exact) mass is 427 g/mol. The number of aromatic nitrogens is 2. The normalized spacial score (nSPS) is 10.9. The fraction of sp³-hybridized carbons (Fsp3) is 0.0909. The van der Waals surface area contributed by atoms with Gasteiger partial charge < -0.3 is 10.1 Å². The SMILES string of the molecule is COc1ccc2ccccc2c1CNc1cnn(-c2ccc(F)cc2F)c(=O)c1Cl. The second-order valence-corrected chi connectivity index (χ2v) is 6.88. The third kappa shape index (κ3) is 3.59. The van der Waals surface area contributed by atoms with Gasteiger partial charge in [-0.1, -0.05) is 41.9 Å². The van der Waals surface area contributed by atoms with Crippen molar-refractivity contribution in [3.63, 3.8) is 0 Å². The van der Waals surface area contributed by atoms with E-state index in [-0.39, 0.29) is 16.4 Å². The zero-order valence-electron chi connectivity index (χ0n) is 15.8. The lowest BCUT2D eigenvalue weighted by Crippen LogP contribution is -2.23. The van der Waals surface area contributed by atoms with E-state index >= 15 is 0 Å². The van der Waals surface area contributed by atoms with Gasteiger partial charge in [0.25, 0.3) is 5.56 Å². The fourth-order valence-electron chi connectivity index (χ4n) is 3.25. The van der Waals surface area contributed by atoms with Crippen LogP contribution in [-0.2, 0) is 6.54 Å². The number of benzene rings is 3. The Kier molecular flexibility index (Phi) is 5.37. The van der Waals surface area contributed by atoms with Crippen LogP contribution in [0.4, 0.5) is 14.5 Å². The summed E-state index contributed by atoms with van der Waals surface area (Å²) in [5.74, 6) is -0.980. The Morgan fingerprint density at radius 1 is 1.13 bits per heavy atom. The van der Waals surface area contributed by atoms with Crippen LogP contribution in [0.2, 0.25) is 5.02 Å². The summed E-state index contributed by atoms with van der Waals surface area (Å²) >= 11 is 6.23. The van der Waals surface area contributed by atoms with Crippen LogP contribution in [0.25, 0.3) is 16.5 Å². The first-order valence-electron chi connectivity index (χ1n) is 9.01. The molecule has 0 aliphatic heterocycles. The maximum atomic E-state index is 14.0. The Morgan fingerprint density at radius 3 is 2.70 bits per heavy atom. The number of fused-ring (bicyclic) bond motifs is 1. The summed E-state index contributed by atoms with van der Waals surface area (Å²) in [6.45, 7) is 0.320. The average Bonchev–Trinajstić information content (AvgIpc) is 2.75. The highest BCUT2D eigenvalue weighted by Crippen LogP contribution is 2.29. The quantitative estimate of drug-likeness (QED) is 0.490. The minimum Gasteiger partial charge on any atom is -0.496 e. The topological polar surface area (TPSA) is 56.1 Å². The van der Waals surface area contributed by atoms with Crippen molar-refractivity contribution in [2.24, 2.45) is 0 Å². The molecule has 0 radical (unpaired) electrons. The van der Waals surface area contributed by atoms with Crippen molar-refractivity contribution in [3.8, 4) is 11.4 Å². The van der Waals surface area contributed by atoms with Crippen LogP contribution in [0, 0.1) is 11.6 Å². The summed E-state index contributed by atoms with van der Waals surface area (Å²) in [5.41, 5.74) is 0.262. The van der Waals surface area contributed by atoms with Gasteiger partial charge in [0.05, 0.1) is 19.0 Å². The second-order valence-electron chi connectivity index (χ2n) is 6.51. The molecule has 0 aliphatic rings. The van der Waals surface area contributed by atoms with Crippen LogP contribution in [-0.4, -0.2) is 16.9 Å². The molecule has 8 heteroatoms. The summed E-state index contributed by atoms with van der Waals surface area (Å²) in [6.07, 6.45) is 1.32. The largest absolute Gasteiger partial charge is 0.496 e. The molecule has 0 unspecified atom stereocenters. The maximum Gasteiger partial charge on any atom is 0.292 e. The van der Waals surface area contributed by atoms with E-state index in [9.17, 15) is 13.6 Å². The number of anilines is 1. The highest BCUT2D eigenvalue weighted by atomic mass is 35.5. The standard InChI is InChI=1S/C22H16ClF2N3O2/c1-30-20-9-6-13-4-2-3-5-15(13)16(20)11-26-18-12-27-28(22(29)21(18)23)19-8-7-14(24)10-17(19)25/h2-10,12,26H,11H2,1H3. The lowest BCUT2D eigenvalue weighted by atomic mass is 10.0. The second kappa shape index (κ2) is 8.12. The summed E-state index contributed by atoms with van der Waals surface area (Å²) in [7, 11) is 1.58. The Bertz CT molecular complexity index is 1310. The van der Waals surface area contributed by atoms with Crippen molar-refractivity contribution in [1.82, 2.24) is 9.78 Å². The third-order valence-electron chi connectivity index (χ3n) is 4.73. The predicted octanol–water partition coefficient (Wildman–Crippen LogP) is 4.94. The number of rotatable bonds is 5. The summed E-state index contributed by atoms with van der Waals surface area (Å²) in [5, 5.41) is 8.96. The van der Waals surface area contributed by atoms with Crippen LogP contribution in [0.15, 0.2) is 65.6 Å². The van der Waals surface area contributed by atoms with Gasteiger partial charge in [-0.05, 0) is 29.0 Å². The van der Waals surface area contributed by atoms with Gasteiger partial charge in [0, 0.05) is 18.2 Å². The summed E-state index contributed by atoms with van der Waals surface area (Å²) in [4.78, 5) is 12.6. The van der Waals surface area contributed by atoms with Gasteiger partial charge in [0.15, 0.2) is 5.82 Å². The first kappa shape index (κ1) is 19.8. The highest BCUT2D eigenvalue weighted by Gasteiger charge is 2.15. The van der Waals surface area contributed by atoms with E-state index in [0.29, 0.717) is 18.4 Å². The molecule has 0 saturated carbocycles. The van der Waals surface area contributed by atoms with Gasteiger partial charge in [-0.25, -0.2) is 8.78 Å². The Labute approximate surface area is 175 Å². The molecule has 1 N–H and O–H groups in total. The van der Waals surface area contributed by atoms with Gasteiger partial charge in [0.1, 0.15) is 22.3 Å². The molecular formula is C22H16ClF2N3O2. The van der Waals surface area contributed by atoms with Crippen LogP contribution in [0.1, 0.15) is 5.56 Å². The third-order valence-corrected chi connectivity index (χ3v) is 5.10. The summed E-state index contributed by atoms with van der Waals surface area (Å²) < 4.78 is 33.4. The Hall–Kier alpha value is -3.45. The van der Waals surface area contributed by atoms with E-state index in [1.165, 1.54) is 6.20 Å². The van der Waals surface area contributed by atoms with Crippen molar-refractivity contribution in [2.45, 2.75) is 6.54 Å². The lowest BCUT2D eigenvalue weighted by Gasteiger charge is -2.15. The first-order valence-corrected chi connectivity index (χ1v) is 9.39. The molecule has 1 aromatic heterocycles. The van der Waals surface area contributed by atoms with E-state index in [0.717, 1.165) is 33.2 Å². The molecule has 1 heterocycles. The van der Waals surface area contributed by atoms with Crippen molar-refractivity contribution in [1.29, 1.82) is 0 Å².